The van der Waals surface area contributed by atoms with Gasteiger partial charge in [-0.1, -0.05) is 55.4 Å². The standard InChI is InChI=1S/C16H14Si/c1-4-12-8-7-10-14-13-9-5-6-11-15(13)17(2,3)16(12)14/h1,5-11H,2-3H3. The van der Waals surface area contributed by atoms with Crippen molar-refractivity contribution in [1.29, 1.82) is 0 Å². The third kappa shape index (κ3) is 1.25. The molecule has 0 aromatic heterocycles. The predicted molar refractivity (Wildman–Crippen MR) is 76.6 cm³/mol. The fourth-order valence-corrected chi connectivity index (χ4v) is 6.36. The molecule has 2 aromatic rings. The van der Waals surface area contributed by atoms with Gasteiger partial charge >= 0.3 is 0 Å². The molecule has 1 heterocycles. The summed E-state index contributed by atoms with van der Waals surface area (Å²) in [5.74, 6) is 2.85. The van der Waals surface area contributed by atoms with Gasteiger partial charge in [0.2, 0.25) is 0 Å². The van der Waals surface area contributed by atoms with E-state index >= 15 is 0 Å². The molecule has 0 saturated heterocycles. The van der Waals surface area contributed by atoms with E-state index in [9.17, 15) is 0 Å². The van der Waals surface area contributed by atoms with Crippen LogP contribution in [0.1, 0.15) is 5.56 Å². The van der Waals surface area contributed by atoms with Crippen LogP contribution in [-0.2, 0) is 0 Å². The molecule has 2 aromatic carbocycles. The van der Waals surface area contributed by atoms with Gasteiger partial charge in [-0.15, -0.1) is 6.42 Å². The second-order valence-corrected chi connectivity index (χ2v) is 9.33. The molecule has 0 N–H and O–H groups in total. The minimum atomic E-state index is -1.59. The average Bonchev–Trinajstić information content (AvgIpc) is 2.60. The minimum absolute atomic E-state index is 1.08. The molecule has 0 fully saturated rings. The largest absolute Gasteiger partial charge is 0.115 e. The molecule has 0 aliphatic carbocycles. The molecule has 17 heavy (non-hydrogen) atoms. The van der Waals surface area contributed by atoms with E-state index in [1.807, 2.05) is 0 Å². The summed E-state index contributed by atoms with van der Waals surface area (Å²) in [5, 5.41) is 2.95. The van der Waals surface area contributed by atoms with Crippen molar-refractivity contribution in [2.45, 2.75) is 13.1 Å². The lowest BCUT2D eigenvalue weighted by molar-refractivity contribution is 1.67. The molecule has 82 valence electrons. The number of terminal acetylenes is 1. The summed E-state index contributed by atoms with van der Waals surface area (Å²) in [4.78, 5) is 0. The predicted octanol–water partition coefficient (Wildman–Crippen LogP) is 2.47. The van der Waals surface area contributed by atoms with Crippen molar-refractivity contribution >= 4 is 18.4 Å². The van der Waals surface area contributed by atoms with Crippen molar-refractivity contribution in [1.82, 2.24) is 0 Å². The van der Waals surface area contributed by atoms with Crippen LogP contribution >= 0.6 is 0 Å². The van der Waals surface area contributed by atoms with Crippen molar-refractivity contribution in [2.75, 3.05) is 0 Å². The molecule has 0 bridgehead atoms. The molecule has 0 radical (unpaired) electrons. The van der Waals surface area contributed by atoms with Crippen LogP contribution in [0.25, 0.3) is 11.1 Å². The molecule has 1 aliphatic rings. The Labute approximate surface area is 103 Å². The molecule has 0 unspecified atom stereocenters. The van der Waals surface area contributed by atoms with Gasteiger partial charge in [0, 0.05) is 5.56 Å². The van der Waals surface area contributed by atoms with Crippen molar-refractivity contribution < 1.29 is 0 Å². The van der Waals surface area contributed by atoms with Crippen molar-refractivity contribution in [3.05, 3.63) is 48.0 Å². The van der Waals surface area contributed by atoms with Crippen LogP contribution in [0.3, 0.4) is 0 Å². The van der Waals surface area contributed by atoms with Crippen LogP contribution in [0, 0.1) is 12.3 Å². The van der Waals surface area contributed by atoms with Gasteiger partial charge in [0.15, 0.2) is 0 Å². The van der Waals surface area contributed by atoms with E-state index in [0.717, 1.165) is 5.56 Å². The van der Waals surface area contributed by atoms with Crippen LogP contribution in [0.2, 0.25) is 13.1 Å². The van der Waals surface area contributed by atoms with E-state index < -0.39 is 8.07 Å². The Morgan fingerprint density at radius 2 is 1.65 bits per heavy atom. The van der Waals surface area contributed by atoms with E-state index in [1.54, 1.807) is 0 Å². The van der Waals surface area contributed by atoms with Gasteiger partial charge in [-0.05, 0) is 27.6 Å². The molecule has 0 amide bonds. The van der Waals surface area contributed by atoms with Crippen molar-refractivity contribution in [3.63, 3.8) is 0 Å². The van der Waals surface area contributed by atoms with Crippen molar-refractivity contribution in [2.24, 2.45) is 0 Å². The minimum Gasteiger partial charge on any atom is -0.115 e. The summed E-state index contributed by atoms with van der Waals surface area (Å²) in [5.41, 5.74) is 3.82. The summed E-state index contributed by atoms with van der Waals surface area (Å²) in [7, 11) is -1.59. The normalized spacial score (nSPS) is 14.9. The maximum Gasteiger partial charge on any atom is 0.115 e. The lowest BCUT2D eigenvalue weighted by Crippen LogP contribution is -2.50. The SMILES string of the molecule is C#Cc1cccc2c1[Si](C)(C)c1ccccc1-2. The molecule has 3 rings (SSSR count). The van der Waals surface area contributed by atoms with Crippen LogP contribution in [0.15, 0.2) is 42.5 Å². The third-order valence-electron chi connectivity index (χ3n) is 3.74. The van der Waals surface area contributed by atoms with Gasteiger partial charge in [0.05, 0.1) is 0 Å². The number of hydrogen-bond acceptors (Lipinski definition) is 0. The first-order valence-corrected chi connectivity index (χ1v) is 8.86. The quantitative estimate of drug-likeness (QED) is 0.485. The Bertz CT molecular complexity index is 645. The van der Waals surface area contributed by atoms with Gasteiger partial charge in [0.1, 0.15) is 8.07 Å². The topological polar surface area (TPSA) is 0 Å². The molecule has 0 spiro atoms. The molecular weight excluding hydrogens is 220 g/mol. The average molecular weight is 234 g/mol. The summed E-state index contributed by atoms with van der Waals surface area (Å²) in [6, 6.07) is 15.1. The van der Waals surface area contributed by atoms with Crippen LogP contribution < -0.4 is 10.4 Å². The van der Waals surface area contributed by atoms with Gasteiger partial charge in [0.25, 0.3) is 0 Å². The molecule has 1 heteroatoms. The van der Waals surface area contributed by atoms with E-state index in [4.69, 9.17) is 6.42 Å². The number of rotatable bonds is 0. The highest BCUT2D eigenvalue weighted by Crippen LogP contribution is 2.28. The zero-order valence-corrected chi connectivity index (χ0v) is 11.1. The first kappa shape index (κ1) is 10.4. The van der Waals surface area contributed by atoms with Gasteiger partial charge < -0.3 is 0 Å². The maximum absolute atomic E-state index is 5.65. The summed E-state index contributed by atoms with van der Waals surface area (Å²) < 4.78 is 0. The highest BCUT2D eigenvalue weighted by Gasteiger charge is 2.38. The zero-order valence-electron chi connectivity index (χ0n) is 10.1. The Kier molecular flexibility index (Phi) is 2.05. The molecule has 0 saturated carbocycles. The van der Waals surface area contributed by atoms with E-state index in [0.29, 0.717) is 0 Å². The second-order valence-electron chi connectivity index (χ2n) is 5.04. The van der Waals surface area contributed by atoms with E-state index in [2.05, 4.69) is 61.5 Å². The first-order valence-electron chi connectivity index (χ1n) is 5.86. The zero-order chi connectivity index (χ0) is 12.0. The summed E-state index contributed by atoms with van der Waals surface area (Å²) in [6.45, 7) is 4.77. The lowest BCUT2D eigenvalue weighted by atomic mass is 10.0. The Morgan fingerprint density at radius 1 is 0.941 bits per heavy atom. The fraction of sp³-hybridized carbons (Fsp3) is 0.125. The van der Waals surface area contributed by atoms with Gasteiger partial charge in [-0.3, -0.25) is 0 Å². The molecule has 0 nitrogen and oxygen atoms in total. The highest BCUT2D eigenvalue weighted by molar-refractivity contribution is 7.04. The Balaban J connectivity index is 2.45. The lowest BCUT2D eigenvalue weighted by Gasteiger charge is -2.19. The van der Waals surface area contributed by atoms with Crippen LogP contribution in [0.4, 0.5) is 0 Å². The van der Waals surface area contributed by atoms with Crippen LogP contribution in [0.5, 0.6) is 0 Å². The van der Waals surface area contributed by atoms with Gasteiger partial charge in [-0.2, -0.15) is 0 Å². The van der Waals surface area contributed by atoms with Crippen LogP contribution in [-0.4, -0.2) is 8.07 Å². The smallest absolute Gasteiger partial charge is 0.115 e. The fourth-order valence-electron chi connectivity index (χ4n) is 2.97. The third-order valence-corrected chi connectivity index (χ3v) is 7.31. The number of hydrogen-bond donors (Lipinski definition) is 0. The molecule has 1 aliphatic heterocycles. The maximum atomic E-state index is 5.65. The second kappa shape index (κ2) is 3.35. The molecule has 0 atom stereocenters. The Hall–Kier alpha value is -1.78. The number of fused-ring (bicyclic) bond motifs is 3. The Morgan fingerprint density at radius 3 is 2.41 bits per heavy atom. The van der Waals surface area contributed by atoms with E-state index in [-0.39, 0.29) is 0 Å². The number of benzene rings is 2. The first-order chi connectivity index (χ1) is 8.16. The van der Waals surface area contributed by atoms with Crippen molar-refractivity contribution in [3.8, 4) is 23.5 Å². The van der Waals surface area contributed by atoms with E-state index in [1.165, 1.54) is 21.5 Å². The molecular formula is C16H14Si. The summed E-state index contributed by atoms with van der Waals surface area (Å²) in [6.07, 6.45) is 5.65. The van der Waals surface area contributed by atoms with Gasteiger partial charge in [-0.25, -0.2) is 0 Å². The monoisotopic (exact) mass is 234 g/mol. The highest BCUT2D eigenvalue weighted by atomic mass is 28.3. The summed E-state index contributed by atoms with van der Waals surface area (Å²) >= 11 is 0.